The molecule has 2 N–H and O–H groups in total. The highest BCUT2D eigenvalue weighted by atomic mass is 35.5. The Labute approximate surface area is 135 Å². The second-order valence-electron chi connectivity index (χ2n) is 6.49. The van der Waals surface area contributed by atoms with E-state index in [0.717, 1.165) is 19.5 Å². The van der Waals surface area contributed by atoms with Crippen LogP contribution in [0.4, 0.5) is 0 Å². The molecule has 2 aliphatic rings. The highest BCUT2D eigenvalue weighted by molar-refractivity contribution is 5.85. The maximum absolute atomic E-state index is 10.9. The molecular weight excluding hydrogens is 290 g/mol. The van der Waals surface area contributed by atoms with Crippen molar-refractivity contribution in [1.29, 1.82) is 0 Å². The summed E-state index contributed by atoms with van der Waals surface area (Å²) in [4.78, 5) is 11.7. The van der Waals surface area contributed by atoms with Crippen LogP contribution in [-0.2, 0) is 4.79 Å². The third kappa shape index (κ3) is 6.13. The van der Waals surface area contributed by atoms with Crippen LogP contribution in [-0.4, -0.2) is 46.8 Å². The van der Waals surface area contributed by atoms with E-state index >= 15 is 0 Å². The number of hydrogen-bond acceptors (Lipinski definition) is 3. The minimum atomic E-state index is -0.745. The molecule has 0 radical (unpaired) electrons. The van der Waals surface area contributed by atoms with E-state index in [1.165, 1.54) is 32.1 Å². The molecule has 21 heavy (non-hydrogen) atoms. The molecular formula is C16H32ClNO3. The van der Waals surface area contributed by atoms with Crippen molar-refractivity contribution < 1.29 is 15.0 Å². The fourth-order valence-corrected chi connectivity index (χ4v) is 3.54. The SMILES string of the molecule is CC1CN(C)CCC1(O)C1CCCCC1.CCC(=O)O.Cl. The van der Waals surface area contributed by atoms with Crippen molar-refractivity contribution in [3.63, 3.8) is 0 Å². The maximum Gasteiger partial charge on any atom is 0.303 e. The van der Waals surface area contributed by atoms with Crippen molar-refractivity contribution in [3.05, 3.63) is 0 Å². The molecule has 1 saturated carbocycles. The molecule has 1 heterocycles. The summed E-state index contributed by atoms with van der Waals surface area (Å²) in [6.45, 7) is 5.96. The van der Waals surface area contributed by atoms with Gasteiger partial charge in [-0.3, -0.25) is 4.79 Å². The van der Waals surface area contributed by atoms with Crippen LogP contribution >= 0.6 is 12.4 Å². The summed E-state index contributed by atoms with van der Waals surface area (Å²) < 4.78 is 0. The van der Waals surface area contributed by atoms with Gasteiger partial charge in [-0.2, -0.15) is 0 Å². The number of likely N-dealkylation sites (tertiary alicyclic amines) is 1. The van der Waals surface area contributed by atoms with Crippen molar-refractivity contribution in [1.82, 2.24) is 4.90 Å². The van der Waals surface area contributed by atoms with Crippen LogP contribution in [0.5, 0.6) is 0 Å². The van der Waals surface area contributed by atoms with Crippen LogP contribution in [0.25, 0.3) is 0 Å². The van der Waals surface area contributed by atoms with Crippen LogP contribution in [0.1, 0.15) is 58.8 Å². The predicted octanol–water partition coefficient (Wildman–Crippen LogP) is 3.17. The van der Waals surface area contributed by atoms with E-state index < -0.39 is 5.97 Å². The number of carboxylic acid groups (broad SMARTS) is 1. The van der Waals surface area contributed by atoms with E-state index in [1.54, 1.807) is 6.92 Å². The van der Waals surface area contributed by atoms with E-state index in [2.05, 4.69) is 18.9 Å². The molecule has 0 spiro atoms. The first-order valence-corrected chi connectivity index (χ1v) is 8.02. The zero-order valence-electron chi connectivity index (χ0n) is 13.7. The molecule has 0 amide bonds. The molecule has 0 aromatic rings. The van der Waals surface area contributed by atoms with Crippen molar-refractivity contribution in [3.8, 4) is 0 Å². The predicted molar refractivity (Wildman–Crippen MR) is 88.0 cm³/mol. The van der Waals surface area contributed by atoms with Gasteiger partial charge in [0.05, 0.1) is 5.60 Å². The Kier molecular flexibility index (Phi) is 9.50. The van der Waals surface area contributed by atoms with Crippen LogP contribution in [0.2, 0.25) is 0 Å². The first kappa shape index (κ1) is 20.7. The lowest BCUT2D eigenvalue weighted by Gasteiger charge is -2.48. The van der Waals surface area contributed by atoms with Gasteiger partial charge in [0, 0.05) is 19.5 Å². The molecule has 1 aliphatic heterocycles. The van der Waals surface area contributed by atoms with Gasteiger partial charge in [-0.05, 0) is 38.1 Å². The number of halogens is 1. The van der Waals surface area contributed by atoms with Crippen LogP contribution < -0.4 is 0 Å². The topological polar surface area (TPSA) is 60.8 Å². The Morgan fingerprint density at radius 2 is 1.81 bits per heavy atom. The summed E-state index contributed by atoms with van der Waals surface area (Å²) in [7, 11) is 2.16. The molecule has 4 nitrogen and oxygen atoms in total. The third-order valence-corrected chi connectivity index (χ3v) is 4.95. The fourth-order valence-electron chi connectivity index (χ4n) is 3.54. The molecule has 0 aromatic heterocycles. The van der Waals surface area contributed by atoms with Gasteiger partial charge < -0.3 is 15.1 Å². The number of carboxylic acids is 1. The largest absolute Gasteiger partial charge is 0.481 e. The second-order valence-corrected chi connectivity index (χ2v) is 6.49. The summed E-state index contributed by atoms with van der Waals surface area (Å²) in [5.41, 5.74) is -0.354. The lowest BCUT2D eigenvalue weighted by atomic mass is 9.68. The van der Waals surface area contributed by atoms with Gasteiger partial charge in [0.1, 0.15) is 0 Å². The summed E-state index contributed by atoms with van der Waals surface area (Å²) in [5.74, 6) is 0.277. The smallest absolute Gasteiger partial charge is 0.303 e. The number of aliphatic hydroxyl groups is 1. The fraction of sp³-hybridized carbons (Fsp3) is 0.938. The Balaban J connectivity index is 0.000000583. The van der Waals surface area contributed by atoms with Gasteiger partial charge in [0.15, 0.2) is 0 Å². The van der Waals surface area contributed by atoms with E-state index in [9.17, 15) is 9.90 Å². The third-order valence-electron chi connectivity index (χ3n) is 4.95. The number of nitrogens with zero attached hydrogens (tertiary/aromatic N) is 1. The quantitative estimate of drug-likeness (QED) is 0.820. The molecule has 2 atom stereocenters. The highest BCUT2D eigenvalue weighted by Gasteiger charge is 2.44. The van der Waals surface area contributed by atoms with Gasteiger partial charge in [0.2, 0.25) is 0 Å². The monoisotopic (exact) mass is 321 g/mol. The number of aliphatic carboxylic acids is 1. The van der Waals surface area contributed by atoms with Crippen LogP contribution in [0.3, 0.4) is 0 Å². The van der Waals surface area contributed by atoms with Crippen molar-refractivity contribution in [2.75, 3.05) is 20.1 Å². The van der Waals surface area contributed by atoms with Gasteiger partial charge in [-0.1, -0.05) is 33.1 Å². The van der Waals surface area contributed by atoms with Crippen molar-refractivity contribution in [2.45, 2.75) is 64.4 Å². The Bertz CT molecular complexity index is 308. The van der Waals surface area contributed by atoms with E-state index in [-0.39, 0.29) is 24.4 Å². The molecule has 0 bridgehead atoms. The maximum atomic E-state index is 10.9. The molecule has 1 aliphatic carbocycles. The molecule has 1 saturated heterocycles. The number of hydrogen-bond donors (Lipinski definition) is 2. The lowest BCUT2D eigenvalue weighted by Crippen LogP contribution is -2.54. The average molecular weight is 322 g/mol. The summed E-state index contributed by atoms with van der Waals surface area (Å²) >= 11 is 0. The lowest BCUT2D eigenvalue weighted by molar-refractivity contribution is -0.136. The first-order chi connectivity index (χ1) is 9.40. The highest BCUT2D eigenvalue weighted by Crippen LogP contribution is 2.41. The molecule has 126 valence electrons. The van der Waals surface area contributed by atoms with E-state index in [1.807, 2.05) is 0 Å². The van der Waals surface area contributed by atoms with Crippen molar-refractivity contribution in [2.24, 2.45) is 11.8 Å². The van der Waals surface area contributed by atoms with Gasteiger partial charge in [-0.15, -0.1) is 12.4 Å². The van der Waals surface area contributed by atoms with E-state index in [4.69, 9.17) is 5.11 Å². The molecule has 2 rings (SSSR count). The average Bonchev–Trinajstić information content (AvgIpc) is 2.45. The van der Waals surface area contributed by atoms with Crippen molar-refractivity contribution >= 4 is 18.4 Å². The second kappa shape index (κ2) is 9.65. The minimum Gasteiger partial charge on any atom is -0.481 e. The Hall–Kier alpha value is -0.320. The number of carbonyl (C=O) groups is 1. The first-order valence-electron chi connectivity index (χ1n) is 8.02. The van der Waals surface area contributed by atoms with Gasteiger partial charge >= 0.3 is 5.97 Å². The van der Waals surface area contributed by atoms with Crippen LogP contribution in [0, 0.1) is 11.8 Å². The number of rotatable bonds is 2. The van der Waals surface area contributed by atoms with E-state index in [0.29, 0.717) is 11.8 Å². The zero-order chi connectivity index (χ0) is 15.2. The van der Waals surface area contributed by atoms with Crippen LogP contribution in [0.15, 0.2) is 0 Å². The molecule has 2 fully saturated rings. The van der Waals surface area contributed by atoms with Gasteiger partial charge in [-0.25, -0.2) is 0 Å². The summed E-state index contributed by atoms with van der Waals surface area (Å²) in [5, 5.41) is 18.6. The molecule has 5 heteroatoms. The Morgan fingerprint density at radius 3 is 2.24 bits per heavy atom. The minimum absolute atomic E-state index is 0. The standard InChI is InChI=1S/C13H25NO.C3H6O2.ClH/c1-11-10-14(2)9-8-13(11,15)12-6-4-3-5-7-12;1-2-3(4)5;/h11-12,15H,3-10H2,1-2H3;2H2,1H3,(H,4,5);1H. The zero-order valence-corrected chi connectivity index (χ0v) is 14.5. The molecule has 0 aromatic carbocycles. The summed E-state index contributed by atoms with van der Waals surface area (Å²) in [6, 6.07) is 0. The van der Waals surface area contributed by atoms with Gasteiger partial charge in [0.25, 0.3) is 0 Å². The molecule has 2 unspecified atom stereocenters. The normalized spacial score (nSPS) is 30.8. The Morgan fingerprint density at radius 1 is 1.29 bits per heavy atom. The summed E-state index contributed by atoms with van der Waals surface area (Å²) in [6.07, 6.45) is 7.75. The number of piperidine rings is 1.